The van der Waals surface area contributed by atoms with Crippen molar-refractivity contribution < 1.29 is 4.74 Å². The largest absolute Gasteiger partial charge is 0.496 e. The van der Waals surface area contributed by atoms with Crippen molar-refractivity contribution >= 4 is 0 Å². The first-order chi connectivity index (χ1) is 9.24. The summed E-state index contributed by atoms with van der Waals surface area (Å²) in [4.78, 5) is 0. The fourth-order valence-electron chi connectivity index (χ4n) is 2.27. The van der Waals surface area contributed by atoms with Crippen LogP contribution in [0.1, 0.15) is 25.8 Å². The van der Waals surface area contributed by atoms with E-state index in [1.165, 1.54) is 17.5 Å². The summed E-state index contributed by atoms with van der Waals surface area (Å²) < 4.78 is 5.56. The molecule has 0 aliphatic heterocycles. The summed E-state index contributed by atoms with van der Waals surface area (Å²) in [6.45, 7) is 4.53. The van der Waals surface area contributed by atoms with Crippen LogP contribution in [-0.4, -0.2) is 7.11 Å². The van der Waals surface area contributed by atoms with E-state index in [1.54, 1.807) is 7.11 Å². The van der Waals surface area contributed by atoms with E-state index < -0.39 is 0 Å². The Morgan fingerprint density at radius 3 is 2.42 bits per heavy atom. The summed E-state index contributed by atoms with van der Waals surface area (Å²) in [5.41, 5.74) is 3.72. The van der Waals surface area contributed by atoms with Crippen LogP contribution in [0.4, 0.5) is 0 Å². The van der Waals surface area contributed by atoms with Gasteiger partial charge < -0.3 is 4.74 Å². The van der Waals surface area contributed by atoms with Gasteiger partial charge in [0, 0.05) is 5.56 Å². The zero-order valence-electron chi connectivity index (χ0n) is 12.0. The highest BCUT2D eigenvalue weighted by molar-refractivity contribution is 5.70. The standard InChI is InChI=1S/C18H22O/c1-4-14(2)12-15-10-11-17(18(13-15)19-3)16-8-6-5-7-9-16/h5-11,13-14H,4,12H2,1-3H3. The van der Waals surface area contributed by atoms with Crippen LogP contribution >= 0.6 is 0 Å². The van der Waals surface area contributed by atoms with E-state index in [-0.39, 0.29) is 0 Å². The highest BCUT2D eigenvalue weighted by atomic mass is 16.5. The molecule has 0 aromatic heterocycles. The van der Waals surface area contributed by atoms with Crippen molar-refractivity contribution in [2.24, 2.45) is 5.92 Å². The van der Waals surface area contributed by atoms with Gasteiger partial charge in [0.25, 0.3) is 0 Å². The first kappa shape index (κ1) is 13.7. The second-order valence-electron chi connectivity index (χ2n) is 5.12. The highest BCUT2D eigenvalue weighted by Crippen LogP contribution is 2.31. The van der Waals surface area contributed by atoms with Gasteiger partial charge in [-0.05, 0) is 29.5 Å². The van der Waals surface area contributed by atoms with Crippen molar-refractivity contribution in [2.75, 3.05) is 7.11 Å². The SMILES string of the molecule is CCC(C)Cc1ccc(-c2ccccc2)c(OC)c1. The molecule has 1 heteroatoms. The highest BCUT2D eigenvalue weighted by Gasteiger charge is 2.08. The van der Waals surface area contributed by atoms with E-state index in [9.17, 15) is 0 Å². The molecule has 0 bridgehead atoms. The van der Waals surface area contributed by atoms with E-state index in [0.717, 1.165) is 17.7 Å². The number of rotatable bonds is 5. The first-order valence-corrected chi connectivity index (χ1v) is 6.97. The summed E-state index contributed by atoms with van der Waals surface area (Å²) in [6, 6.07) is 17.0. The zero-order valence-corrected chi connectivity index (χ0v) is 12.0. The van der Waals surface area contributed by atoms with E-state index in [4.69, 9.17) is 4.74 Å². The lowest BCUT2D eigenvalue weighted by molar-refractivity contribution is 0.415. The minimum Gasteiger partial charge on any atom is -0.496 e. The maximum Gasteiger partial charge on any atom is 0.126 e. The molecule has 0 saturated heterocycles. The van der Waals surface area contributed by atoms with Gasteiger partial charge in [0.1, 0.15) is 5.75 Å². The van der Waals surface area contributed by atoms with E-state index in [1.807, 2.05) is 6.07 Å². The molecular formula is C18H22O. The third-order valence-electron chi connectivity index (χ3n) is 3.63. The van der Waals surface area contributed by atoms with Crippen LogP contribution in [0.25, 0.3) is 11.1 Å². The molecule has 19 heavy (non-hydrogen) atoms. The first-order valence-electron chi connectivity index (χ1n) is 6.97. The van der Waals surface area contributed by atoms with Crippen molar-refractivity contribution in [1.29, 1.82) is 0 Å². The van der Waals surface area contributed by atoms with Crippen molar-refractivity contribution in [2.45, 2.75) is 26.7 Å². The van der Waals surface area contributed by atoms with Gasteiger partial charge >= 0.3 is 0 Å². The van der Waals surface area contributed by atoms with Crippen molar-refractivity contribution in [3.05, 3.63) is 54.1 Å². The predicted molar refractivity (Wildman–Crippen MR) is 81.6 cm³/mol. The molecule has 0 radical (unpaired) electrons. The molecule has 2 aromatic rings. The molecule has 0 fully saturated rings. The Bertz CT molecular complexity index is 516. The molecule has 0 N–H and O–H groups in total. The average Bonchev–Trinajstić information content (AvgIpc) is 2.47. The summed E-state index contributed by atoms with van der Waals surface area (Å²) in [5.74, 6) is 1.68. The van der Waals surface area contributed by atoms with Crippen LogP contribution in [0.15, 0.2) is 48.5 Å². The molecule has 0 heterocycles. The van der Waals surface area contributed by atoms with Gasteiger partial charge in [-0.3, -0.25) is 0 Å². The number of ether oxygens (including phenoxy) is 1. The Labute approximate surface area is 116 Å². The smallest absolute Gasteiger partial charge is 0.126 e. The molecule has 2 aromatic carbocycles. The molecule has 1 unspecified atom stereocenters. The van der Waals surface area contributed by atoms with Crippen molar-refractivity contribution in [3.8, 4) is 16.9 Å². The molecule has 0 aliphatic rings. The summed E-state index contributed by atoms with van der Waals surface area (Å²) >= 11 is 0. The van der Waals surface area contributed by atoms with Crippen LogP contribution < -0.4 is 4.74 Å². The molecule has 100 valence electrons. The topological polar surface area (TPSA) is 9.23 Å². The van der Waals surface area contributed by atoms with Gasteiger partial charge in [-0.25, -0.2) is 0 Å². The van der Waals surface area contributed by atoms with Gasteiger partial charge in [-0.2, -0.15) is 0 Å². The quantitative estimate of drug-likeness (QED) is 0.733. The molecular weight excluding hydrogens is 232 g/mol. The number of hydrogen-bond acceptors (Lipinski definition) is 1. The second kappa shape index (κ2) is 6.42. The Balaban J connectivity index is 2.32. The van der Waals surface area contributed by atoms with Crippen LogP contribution in [0, 0.1) is 5.92 Å². The fourth-order valence-corrected chi connectivity index (χ4v) is 2.27. The van der Waals surface area contributed by atoms with E-state index in [0.29, 0.717) is 5.92 Å². The van der Waals surface area contributed by atoms with E-state index >= 15 is 0 Å². The number of benzene rings is 2. The summed E-state index contributed by atoms with van der Waals surface area (Å²) in [6.07, 6.45) is 2.32. The van der Waals surface area contributed by atoms with Gasteiger partial charge in [0.15, 0.2) is 0 Å². The van der Waals surface area contributed by atoms with Gasteiger partial charge in [0.2, 0.25) is 0 Å². The van der Waals surface area contributed by atoms with Gasteiger partial charge in [0.05, 0.1) is 7.11 Å². The third kappa shape index (κ3) is 3.37. The number of hydrogen-bond donors (Lipinski definition) is 0. The van der Waals surface area contributed by atoms with Crippen molar-refractivity contribution in [3.63, 3.8) is 0 Å². The van der Waals surface area contributed by atoms with Gasteiger partial charge in [-0.1, -0.05) is 62.7 Å². The molecule has 0 saturated carbocycles. The Kier molecular flexibility index (Phi) is 4.62. The monoisotopic (exact) mass is 254 g/mol. The Morgan fingerprint density at radius 2 is 1.79 bits per heavy atom. The molecule has 1 nitrogen and oxygen atoms in total. The maximum absolute atomic E-state index is 5.56. The normalized spacial score (nSPS) is 12.2. The lowest BCUT2D eigenvalue weighted by atomic mass is 9.96. The van der Waals surface area contributed by atoms with Crippen LogP contribution in [-0.2, 0) is 6.42 Å². The Morgan fingerprint density at radius 1 is 1.05 bits per heavy atom. The predicted octanol–water partition coefficient (Wildman–Crippen LogP) is 4.95. The summed E-state index contributed by atoms with van der Waals surface area (Å²) in [5, 5.41) is 0. The maximum atomic E-state index is 5.56. The van der Waals surface area contributed by atoms with Crippen LogP contribution in [0.5, 0.6) is 5.75 Å². The number of methoxy groups -OCH3 is 1. The molecule has 1 atom stereocenters. The molecule has 0 spiro atoms. The summed E-state index contributed by atoms with van der Waals surface area (Å²) in [7, 11) is 1.74. The second-order valence-corrected chi connectivity index (χ2v) is 5.12. The minimum atomic E-state index is 0.715. The van der Waals surface area contributed by atoms with Crippen LogP contribution in [0.2, 0.25) is 0 Å². The Hall–Kier alpha value is -1.76. The third-order valence-corrected chi connectivity index (χ3v) is 3.63. The van der Waals surface area contributed by atoms with Gasteiger partial charge in [-0.15, -0.1) is 0 Å². The zero-order chi connectivity index (χ0) is 13.7. The molecule has 0 aliphatic carbocycles. The van der Waals surface area contributed by atoms with Crippen LogP contribution in [0.3, 0.4) is 0 Å². The molecule has 2 rings (SSSR count). The lowest BCUT2D eigenvalue weighted by Gasteiger charge is -2.13. The minimum absolute atomic E-state index is 0.715. The van der Waals surface area contributed by atoms with Crippen molar-refractivity contribution in [1.82, 2.24) is 0 Å². The lowest BCUT2D eigenvalue weighted by Crippen LogP contribution is -1.98. The fraction of sp³-hybridized carbons (Fsp3) is 0.333. The average molecular weight is 254 g/mol. The molecule has 0 amide bonds. The van der Waals surface area contributed by atoms with E-state index in [2.05, 4.69) is 56.3 Å².